The molecule has 32 heavy (non-hydrogen) atoms. The number of ether oxygens (including phenoxy) is 4. The van der Waals surface area contributed by atoms with E-state index >= 15 is 0 Å². The normalized spacial score (nSPS) is 14.2. The molecule has 0 aromatic heterocycles. The van der Waals surface area contributed by atoms with E-state index in [0.717, 1.165) is 0 Å². The van der Waals surface area contributed by atoms with E-state index in [1.54, 1.807) is 30.3 Å². The maximum atomic E-state index is 12.8. The van der Waals surface area contributed by atoms with E-state index in [1.165, 1.54) is 25.2 Å². The largest absolute Gasteiger partial charge is 0.466 e. The highest BCUT2D eigenvalue weighted by molar-refractivity contribution is 6.08. The zero-order valence-corrected chi connectivity index (χ0v) is 17.3. The van der Waals surface area contributed by atoms with Crippen molar-refractivity contribution in [2.75, 3.05) is 39.2 Å². The number of hydrogen-bond acceptors (Lipinski definition) is 9. The molecule has 2 aromatic rings. The third-order valence-corrected chi connectivity index (χ3v) is 4.96. The van der Waals surface area contributed by atoms with Gasteiger partial charge in [-0.2, -0.15) is 0 Å². The predicted octanol–water partition coefficient (Wildman–Crippen LogP) is 2.04. The first-order valence-corrected chi connectivity index (χ1v) is 9.66. The number of para-hydroxylation sites is 2. The highest BCUT2D eigenvalue weighted by Crippen LogP contribution is 2.48. The van der Waals surface area contributed by atoms with Gasteiger partial charge in [-0.1, -0.05) is 12.1 Å². The number of nitrogens with one attached hydrogen (secondary N) is 1. The molecule has 0 bridgehead atoms. The van der Waals surface area contributed by atoms with Crippen molar-refractivity contribution in [1.82, 2.24) is 4.90 Å². The zero-order chi connectivity index (χ0) is 22.8. The molecule has 0 saturated heterocycles. The topological polar surface area (TPSA) is 124 Å². The van der Waals surface area contributed by atoms with Gasteiger partial charge in [0.2, 0.25) is 0 Å². The molecule has 10 nitrogen and oxygen atoms in total. The summed E-state index contributed by atoms with van der Waals surface area (Å²) in [5.41, 5.74) is 0.451. The smallest absolute Gasteiger partial charge is 0.341 e. The molecule has 2 aliphatic heterocycles. The van der Waals surface area contributed by atoms with Gasteiger partial charge in [0.25, 0.3) is 5.91 Å². The third kappa shape index (κ3) is 3.71. The number of amides is 1. The highest BCUT2D eigenvalue weighted by Gasteiger charge is 2.35. The Morgan fingerprint density at radius 1 is 1.06 bits per heavy atom. The molecule has 0 radical (unpaired) electrons. The standard InChI is InChI=1S/C22H20N2O8/c1-29-21(27)13-9-12(10-17-19(13)32-16-6-4-3-5-15(16)31-17)23-18-14(22(28)30-2)11-24(7-8-25)20(18)26/h3-6,9-10,23,25H,7-8,11H2,1-2H3. The van der Waals surface area contributed by atoms with Crippen molar-refractivity contribution in [2.45, 2.75) is 0 Å². The first kappa shape index (κ1) is 21.2. The fraction of sp³-hybridized carbons (Fsp3) is 0.227. The molecule has 0 aliphatic carbocycles. The first-order chi connectivity index (χ1) is 15.5. The minimum absolute atomic E-state index is 0.0156. The third-order valence-electron chi connectivity index (χ3n) is 4.96. The Morgan fingerprint density at radius 2 is 1.75 bits per heavy atom. The Balaban J connectivity index is 1.75. The maximum absolute atomic E-state index is 12.8. The van der Waals surface area contributed by atoms with Crippen molar-refractivity contribution in [3.8, 4) is 23.0 Å². The van der Waals surface area contributed by atoms with Crippen LogP contribution in [-0.2, 0) is 19.1 Å². The molecule has 2 aliphatic rings. The average Bonchev–Trinajstić information content (AvgIpc) is 3.11. The lowest BCUT2D eigenvalue weighted by molar-refractivity contribution is -0.136. The van der Waals surface area contributed by atoms with Gasteiger partial charge in [0.15, 0.2) is 23.0 Å². The van der Waals surface area contributed by atoms with Crippen LogP contribution < -0.4 is 14.8 Å². The summed E-state index contributed by atoms with van der Waals surface area (Å²) in [4.78, 5) is 38.8. The average molecular weight is 440 g/mol. The summed E-state index contributed by atoms with van der Waals surface area (Å²) in [6, 6.07) is 9.93. The number of methoxy groups -OCH3 is 2. The van der Waals surface area contributed by atoms with Crippen LogP contribution >= 0.6 is 0 Å². The number of nitrogens with zero attached hydrogens (tertiary/aromatic N) is 1. The van der Waals surface area contributed by atoms with Crippen molar-refractivity contribution in [3.05, 3.63) is 53.2 Å². The van der Waals surface area contributed by atoms with E-state index in [-0.39, 0.29) is 48.0 Å². The van der Waals surface area contributed by atoms with E-state index in [1.807, 2.05) is 0 Å². The summed E-state index contributed by atoms with van der Waals surface area (Å²) in [5.74, 6) is -0.550. The van der Waals surface area contributed by atoms with Gasteiger partial charge < -0.3 is 34.3 Å². The Hall–Kier alpha value is -4.05. The Labute approximate surface area is 182 Å². The monoisotopic (exact) mass is 440 g/mol. The van der Waals surface area contributed by atoms with Crippen molar-refractivity contribution in [3.63, 3.8) is 0 Å². The van der Waals surface area contributed by atoms with Crippen molar-refractivity contribution in [1.29, 1.82) is 0 Å². The Bertz CT molecular complexity index is 1140. The second-order valence-electron chi connectivity index (χ2n) is 6.91. The summed E-state index contributed by atoms with van der Waals surface area (Å²) in [6.45, 7) is -0.227. The molecule has 1 amide bonds. The van der Waals surface area contributed by atoms with Crippen LogP contribution in [0.3, 0.4) is 0 Å². The second kappa shape index (κ2) is 8.60. The quantitative estimate of drug-likeness (QED) is 0.554. The summed E-state index contributed by atoms with van der Waals surface area (Å²) in [5, 5.41) is 12.1. The van der Waals surface area contributed by atoms with Crippen LogP contribution in [0, 0.1) is 0 Å². The van der Waals surface area contributed by atoms with Crippen LogP contribution in [0.2, 0.25) is 0 Å². The lowest BCUT2D eigenvalue weighted by atomic mass is 10.1. The van der Waals surface area contributed by atoms with Crippen LogP contribution in [0.25, 0.3) is 0 Å². The molecule has 4 rings (SSSR count). The number of carbonyl (C=O) groups is 3. The number of benzene rings is 2. The molecule has 166 valence electrons. The van der Waals surface area contributed by atoms with Gasteiger partial charge >= 0.3 is 11.9 Å². The van der Waals surface area contributed by atoms with Crippen LogP contribution in [0.1, 0.15) is 10.4 Å². The van der Waals surface area contributed by atoms with Gasteiger partial charge in [-0.05, 0) is 18.2 Å². The number of carbonyl (C=O) groups excluding carboxylic acids is 3. The summed E-state index contributed by atoms with van der Waals surface area (Å²) >= 11 is 0. The fourth-order valence-corrected chi connectivity index (χ4v) is 3.46. The Morgan fingerprint density at radius 3 is 2.41 bits per heavy atom. The van der Waals surface area contributed by atoms with E-state index in [2.05, 4.69) is 5.32 Å². The lowest BCUT2D eigenvalue weighted by Gasteiger charge is -2.23. The van der Waals surface area contributed by atoms with Gasteiger partial charge in [0.05, 0.1) is 32.9 Å². The molecule has 0 atom stereocenters. The van der Waals surface area contributed by atoms with Crippen LogP contribution in [0.4, 0.5) is 5.69 Å². The number of aliphatic hydroxyl groups is 1. The molecular formula is C22H20N2O8. The molecule has 0 saturated carbocycles. The molecular weight excluding hydrogens is 420 g/mol. The van der Waals surface area contributed by atoms with Gasteiger partial charge in [0.1, 0.15) is 11.3 Å². The van der Waals surface area contributed by atoms with Gasteiger partial charge in [-0.25, -0.2) is 9.59 Å². The van der Waals surface area contributed by atoms with E-state index in [4.69, 9.17) is 18.9 Å². The van der Waals surface area contributed by atoms with Gasteiger partial charge in [0, 0.05) is 18.3 Å². The summed E-state index contributed by atoms with van der Waals surface area (Å²) in [6.07, 6.45) is 0. The molecule has 2 aromatic carbocycles. The SMILES string of the molecule is COC(=O)C1=C(Nc2cc3c(c(C(=O)OC)c2)Oc2ccccc2O3)C(=O)N(CCO)C1. The molecule has 10 heteroatoms. The summed E-state index contributed by atoms with van der Waals surface area (Å²) < 4.78 is 21.4. The number of anilines is 1. The van der Waals surface area contributed by atoms with Crippen molar-refractivity contribution >= 4 is 23.5 Å². The summed E-state index contributed by atoms with van der Waals surface area (Å²) in [7, 11) is 2.45. The lowest BCUT2D eigenvalue weighted by Crippen LogP contribution is -2.31. The molecule has 0 unspecified atom stereocenters. The van der Waals surface area contributed by atoms with Crippen LogP contribution in [-0.4, -0.2) is 61.8 Å². The number of fused-ring (bicyclic) bond motifs is 2. The maximum Gasteiger partial charge on any atom is 0.341 e. The minimum atomic E-state index is -0.680. The molecule has 0 fully saturated rings. The van der Waals surface area contributed by atoms with Crippen molar-refractivity contribution in [2.24, 2.45) is 0 Å². The van der Waals surface area contributed by atoms with E-state index < -0.39 is 17.8 Å². The highest BCUT2D eigenvalue weighted by atomic mass is 16.6. The fourth-order valence-electron chi connectivity index (χ4n) is 3.46. The minimum Gasteiger partial charge on any atom is -0.466 e. The van der Waals surface area contributed by atoms with Gasteiger partial charge in [-0.3, -0.25) is 4.79 Å². The Kier molecular flexibility index (Phi) is 5.69. The van der Waals surface area contributed by atoms with Crippen molar-refractivity contribution < 1.29 is 38.4 Å². The van der Waals surface area contributed by atoms with E-state index in [0.29, 0.717) is 17.2 Å². The molecule has 2 heterocycles. The number of rotatable bonds is 6. The predicted molar refractivity (Wildman–Crippen MR) is 111 cm³/mol. The van der Waals surface area contributed by atoms with E-state index in [9.17, 15) is 19.5 Å². The number of hydrogen-bond donors (Lipinski definition) is 2. The number of esters is 2. The number of β-amino-alcohol motifs (C(OH)–C–C–N with tert-alkyl or cyclic N) is 1. The van der Waals surface area contributed by atoms with Crippen LogP contribution in [0.15, 0.2) is 47.7 Å². The molecule has 0 spiro atoms. The second-order valence-corrected chi connectivity index (χ2v) is 6.91. The zero-order valence-electron chi connectivity index (χ0n) is 17.3. The first-order valence-electron chi connectivity index (χ1n) is 9.66. The van der Waals surface area contributed by atoms with Gasteiger partial charge in [-0.15, -0.1) is 0 Å². The number of aliphatic hydroxyl groups excluding tert-OH is 1. The van der Waals surface area contributed by atoms with Crippen LogP contribution in [0.5, 0.6) is 23.0 Å². The molecule has 2 N–H and O–H groups in total.